The van der Waals surface area contributed by atoms with Crippen molar-refractivity contribution in [3.8, 4) is 0 Å². The predicted octanol–water partition coefficient (Wildman–Crippen LogP) is 3.63. The number of aromatic nitrogens is 5. The number of hydrogen-bond acceptors (Lipinski definition) is 8. The van der Waals surface area contributed by atoms with Crippen LogP contribution in [0, 0.1) is 5.92 Å². The van der Waals surface area contributed by atoms with Gasteiger partial charge in [0.05, 0.1) is 55.3 Å². The number of carbonyl (C=O) groups excluding carboxylic acids is 2. The first-order valence-electron chi connectivity index (χ1n) is 15.4. The Morgan fingerprint density at radius 2 is 2.00 bits per heavy atom. The molecule has 2 N–H and O–H groups in total. The molecule has 16 heteroatoms. The zero-order chi connectivity index (χ0) is 33.2. The summed E-state index contributed by atoms with van der Waals surface area (Å²) in [4.78, 5) is 30.9. The molecule has 6 rings (SSSR count). The Hall–Kier alpha value is -3.82. The Kier molecular flexibility index (Phi) is 6.09. The van der Waals surface area contributed by atoms with Gasteiger partial charge in [0, 0.05) is 31.4 Å². The molecule has 3 aromatic heterocycles. The number of ether oxygens (including phenoxy) is 1. The highest BCUT2D eigenvalue weighted by atomic mass is 19.3. The lowest BCUT2D eigenvalue weighted by Crippen LogP contribution is -2.58. The molecule has 3 amide bonds. The third kappa shape index (κ3) is 5.76. The molecule has 42 heavy (non-hydrogen) atoms. The summed E-state index contributed by atoms with van der Waals surface area (Å²) in [5, 5.41) is 16.2. The van der Waals surface area contributed by atoms with E-state index in [9.17, 15) is 27.2 Å². The number of rotatable bonds is 9. The Morgan fingerprint density at radius 1 is 1.24 bits per heavy atom. The van der Waals surface area contributed by atoms with Gasteiger partial charge in [-0.15, -0.1) is 0 Å². The minimum atomic E-state index is -4.67. The van der Waals surface area contributed by atoms with Gasteiger partial charge in [-0.25, -0.2) is 36.5 Å². The minimum absolute atomic E-state index is 0.00418. The van der Waals surface area contributed by atoms with E-state index in [0.29, 0.717) is 5.69 Å². The number of urea groups is 1. The number of fused-ring (bicyclic) bond motifs is 1. The largest absolute Gasteiger partial charge is 0.382 e. The number of nitrogens with one attached hydrogen (secondary N) is 2. The fraction of sp³-hybridized carbons (Fsp3) is 0.615. The lowest BCUT2D eigenvalue weighted by molar-refractivity contribution is -0.0510. The molecule has 2 aliphatic carbocycles. The van der Waals surface area contributed by atoms with Crippen LogP contribution in [0.25, 0.3) is 5.65 Å². The van der Waals surface area contributed by atoms with Gasteiger partial charge in [0.25, 0.3) is 11.8 Å². The van der Waals surface area contributed by atoms with E-state index in [1.165, 1.54) is 35.4 Å². The summed E-state index contributed by atoms with van der Waals surface area (Å²) >= 11 is 0. The molecule has 0 aromatic carbocycles. The smallest absolute Gasteiger partial charge is 0.318 e. The number of halogens is 4. The van der Waals surface area contributed by atoms with Crippen LogP contribution in [-0.2, 0) is 4.74 Å². The monoisotopic (exact) mass is 598 g/mol. The number of methoxy groups -OCH3 is 1. The van der Waals surface area contributed by atoms with Crippen molar-refractivity contribution >= 4 is 17.6 Å². The second kappa shape index (κ2) is 10.8. The lowest BCUT2D eigenvalue weighted by atomic mass is 9.81. The van der Waals surface area contributed by atoms with E-state index in [0.717, 1.165) is 12.8 Å². The summed E-state index contributed by atoms with van der Waals surface area (Å²) in [6.07, 6.45) is 3.68. The van der Waals surface area contributed by atoms with E-state index < -0.39 is 61.4 Å². The van der Waals surface area contributed by atoms with Crippen molar-refractivity contribution in [2.75, 3.05) is 26.7 Å². The molecule has 0 spiro atoms. The highest BCUT2D eigenvalue weighted by molar-refractivity contribution is 5.93. The van der Waals surface area contributed by atoms with Gasteiger partial charge in [0.15, 0.2) is 11.3 Å². The van der Waals surface area contributed by atoms with Crippen molar-refractivity contribution in [3.05, 3.63) is 41.1 Å². The molecule has 226 valence electrons. The van der Waals surface area contributed by atoms with E-state index in [1.807, 2.05) is 0 Å². The van der Waals surface area contributed by atoms with Gasteiger partial charge in [0.1, 0.15) is 5.69 Å². The van der Waals surface area contributed by atoms with E-state index in [4.69, 9.17) is 14.8 Å². The van der Waals surface area contributed by atoms with Gasteiger partial charge in [0.2, 0.25) is 5.92 Å². The Labute approximate surface area is 242 Å². The molecule has 1 saturated heterocycles. The molecular weight excluding hydrogens is 564 g/mol. The summed E-state index contributed by atoms with van der Waals surface area (Å²) in [7, 11) is 1.21. The maximum atomic E-state index is 15.0. The molecule has 3 fully saturated rings. The molecule has 2 saturated carbocycles. The number of carbonyl (C=O) groups is 2. The average Bonchev–Trinajstić information content (AvgIpc) is 3.53. The zero-order valence-corrected chi connectivity index (χ0v) is 22.3. The Bertz CT molecular complexity index is 1640. The van der Waals surface area contributed by atoms with Crippen LogP contribution in [0.5, 0.6) is 0 Å². The zero-order valence-electron chi connectivity index (χ0n) is 26.3. The third-order valence-corrected chi connectivity index (χ3v) is 7.72. The first kappa shape index (κ1) is 23.7. The van der Waals surface area contributed by atoms with Crippen molar-refractivity contribution in [1.82, 2.24) is 40.4 Å². The third-order valence-electron chi connectivity index (χ3n) is 7.72. The van der Waals surface area contributed by atoms with Crippen LogP contribution in [0.2, 0.25) is 0 Å². The summed E-state index contributed by atoms with van der Waals surface area (Å²) in [5.41, 5.74) is 0.805. The van der Waals surface area contributed by atoms with Crippen LogP contribution in [0.3, 0.4) is 0 Å². The highest BCUT2D eigenvalue weighted by Gasteiger charge is 2.43. The van der Waals surface area contributed by atoms with Crippen LogP contribution in [0.4, 0.5) is 22.4 Å². The molecule has 3 aliphatic rings. The van der Waals surface area contributed by atoms with Crippen LogP contribution < -0.4 is 10.6 Å². The van der Waals surface area contributed by atoms with Gasteiger partial charge < -0.3 is 20.3 Å². The number of hydrogen-bond donors (Lipinski definition) is 2. The first-order valence-corrected chi connectivity index (χ1v) is 13.4. The number of alkyl halides is 4. The Morgan fingerprint density at radius 3 is 2.71 bits per heavy atom. The van der Waals surface area contributed by atoms with E-state index >= 15 is 0 Å². The minimum Gasteiger partial charge on any atom is -0.382 e. The quantitative estimate of drug-likeness (QED) is 0.356. The second-order valence-corrected chi connectivity index (χ2v) is 10.8. The van der Waals surface area contributed by atoms with Crippen molar-refractivity contribution in [3.63, 3.8) is 0 Å². The average molecular weight is 599 g/mol. The molecule has 0 radical (unpaired) electrons. The summed E-state index contributed by atoms with van der Waals surface area (Å²) in [5.74, 6) is -8.52. The maximum Gasteiger partial charge on any atom is 0.318 e. The van der Waals surface area contributed by atoms with E-state index in [1.54, 1.807) is 0 Å². The van der Waals surface area contributed by atoms with Gasteiger partial charge in [-0.05, 0) is 42.8 Å². The highest BCUT2D eigenvalue weighted by Crippen LogP contribution is 2.43. The molecule has 2 atom stereocenters. The summed E-state index contributed by atoms with van der Waals surface area (Å²) in [6.45, 7) is -7.93. The fourth-order valence-electron chi connectivity index (χ4n) is 5.38. The molecule has 1 aliphatic heterocycles. The topological polar surface area (TPSA) is 140 Å². The van der Waals surface area contributed by atoms with Crippen LogP contribution in [-0.4, -0.2) is 80.3 Å². The number of imidazole rings is 1. The maximum absolute atomic E-state index is 15.0. The fourth-order valence-corrected chi connectivity index (χ4v) is 5.38. The number of nitrogens with zero attached hydrogens (tertiary/aromatic N) is 6. The summed E-state index contributed by atoms with van der Waals surface area (Å²) in [6, 6.07) is -2.45. The van der Waals surface area contributed by atoms with Gasteiger partial charge in [-0.2, -0.15) is 5.10 Å². The van der Waals surface area contributed by atoms with Gasteiger partial charge in [-0.1, -0.05) is 5.16 Å². The molecular formula is C26H30F4N8O4. The van der Waals surface area contributed by atoms with Crippen LogP contribution in [0.1, 0.15) is 89.4 Å². The first-order chi connectivity index (χ1) is 21.6. The van der Waals surface area contributed by atoms with Crippen molar-refractivity contribution in [1.29, 1.82) is 0 Å². The van der Waals surface area contributed by atoms with E-state index in [2.05, 4.69) is 25.7 Å². The van der Waals surface area contributed by atoms with Crippen molar-refractivity contribution in [2.24, 2.45) is 5.92 Å². The van der Waals surface area contributed by atoms with Gasteiger partial charge >= 0.3 is 6.03 Å². The van der Waals surface area contributed by atoms with Crippen LogP contribution >= 0.6 is 0 Å². The molecule has 0 bridgehead atoms. The summed E-state index contributed by atoms with van der Waals surface area (Å²) < 4.78 is 101. The SMILES string of the molecule is [2H]C1([2H])NC(=O)N(C(COC)c2cnn3cc(C(NC(=O)c4nonc4C4CC4)C4CCC(F)(F)CC4)nc3c2)C([2H])([2H])C1(F)F. The van der Waals surface area contributed by atoms with Crippen molar-refractivity contribution in [2.45, 2.75) is 68.4 Å². The standard InChI is InChI=1S/C26H30F4N8O4/c1-41-11-18(37-13-26(29,30)12-31-24(37)40)16-8-19-33-17(10-38(19)32-9-16)20(15-4-6-25(27,28)7-5-15)34-23(39)22-21(14-2-3-14)35-42-36-22/h8-10,14-15,18,20H,2-7,11-13H2,1H3,(H,31,40)(H,34,39)/i12D2,13D2. The predicted molar refractivity (Wildman–Crippen MR) is 136 cm³/mol. The molecule has 3 aromatic rings. The molecule has 12 nitrogen and oxygen atoms in total. The van der Waals surface area contributed by atoms with E-state index in [-0.39, 0.29) is 59.1 Å². The Balaban J connectivity index is 1.34. The lowest BCUT2D eigenvalue weighted by Gasteiger charge is -2.38. The number of amides is 3. The normalized spacial score (nSPS) is 25.9. The van der Waals surface area contributed by atoms with Gasteiger partial charge in [-0.3, -0.25) is 4.79 Å². The molecule has 2 unspecified atom stereocenters. The second-order valence-electron chi connectivity index (χ2n) is 10.8. The van der Waals surface area contributed by atoms with Crippen LogP contribution in [0.15, 0.2) is 23.1 Å². The molecule has 4 heterocycles. The van der Waals surface area contributed by atoms with Crippen molar-refractivity contribution < 1.29 is 42.0 Å².